The van der Waals surface area contributed by atoms with Gasteiger partial charge in [0.15, 0.2) is 11.6 Å². The maximum atomic E-state index is 13.6. The Bertz CT molecular complexity index is 661. The molecule has 0 amide bonds. The Balaban J connectivity index is 1.89. The lowest BCUT2D eigenvalue weighted by atomic mass is 10.3. The van der Waals surface area contributed by atoms with Crippen LogP contribution in [0.3, 0.4) is 0 Å². The first kappa shape index (κ1) is 13.9. The van der Waals surface area contributed by atoms with E-state index in [0.29, 0.717) is 5.95 Å². The number of nitrogens with zero attached hydrogens (tertiary/aromatic N) is 4. The third kappa shape index (κ3) is 3.02. The molecule has 0 radical (unpaired) electrons. The van der Waals surface area contributed by atoms with Gasteiger partial charge < -0.3 is 10.2 Å². The quantitative estimate of drug-likeness (QED) is 0.943. The minimum absolute atomic E-state index is 0.00575. The second-order valence-corrected chi connectivity index (χ2v) is 4.99. The molecular formula is C13H12ClF2N5. The van der Waals surface area contributed by atoms with Crippen LogP contribution in [0.4, 0.5) is 26.4 Å². The molecule has 5 nitrogen and oxygen atoms in total. The first-order valence-corrected chi connectivity index (χ1v) is 6.89. The number of hydrogen-bond donors (Lipinski definition) is 1. The Morgan fingerprint density at radius 2 is 1.86 bits per heavy atom. The largest absolute Gasteiger partial charge is 0.341 e. The third-order valence-electron chi connectivity index (χ3n) is 3.18. The Morgan fingerprint density at radius 1 is 1.10 bits per heavy atom. The molecule has 0 spiro atoms. The van der Waals surface area contributed by atoms with Gasteiger partial charge in [-0.05, 0) is 36.6 Å². The average Bonchev–Trinajstić information content (AvgIpc) is 2.97. The van der Waals surface area contributed by atoms with Crippen LogP contribution in [0.2, 0.25) is 5.28 Å². The van der Waals surface area contributed by atoms with Gasteiger partial charge in [0.05, 0.1) is 5.69 Å². The molecule has 0 saturated carbocycles. The van der Waals surface area contributed by atoms with Gasteiger partial charge in [-0.1, -0.05) is 6.07 Å². The lowest BCUT2D eigenvalue weighted by molar-refractivity contribution is 0.511. The molecule has 1 aliphatic heterocycles. The van der Waals surface area contributed by atoms with E-state index >= 15 is 0 Å². The summed E-state index contributed by atoms with van der Waals surface area (Å²) in [5, 5.41) is 2.64. The fourth-order valence-electron chi connectivity index (χ4n) is 2.17. The molecule has 21 heavy (non-hydrogen) atoms. The van der Waals surface area contributed by atoms with Gasteiger partial charge in [-0.2, -0.15) is 15.0 Å². The van der Waals surface area contributed by atoms with Crippen molar-refractivity contribution in [3.63, 3.8) is 0 Å². The van der Waals surface area contributed by atoms with Crippen molar-refractivity contribution in [3.8, 4) is 0 Å². The van der Waals surface area contributed by atoms with E-state index in [2.05, 4.69) is 20.3 Å². The Hall–Kier alpha value is -2.02. The van der Waals surface area contributed by atoms with Crippen LogP contribution in [0.5, 0.6) is 0 Å². The van der Waals surface area contributed by atoms with Crippen molar-refractivity contribution in [1.29, 1.82) is 0 Å². The maximum absolute atomic E-state index is 13.6. The maximum Gasteiger partial charge on any atom is 0.233 e. The van der Waals surface area contributed by atoms with E-state index in [9.17, 15) is 8.78 Å². The van der Waals surface area contributed by atoms with E-state index in [1.165, 1.54) is 12.1 Å². The fraction of sp³-hybridized carbons (Fsp3) is 0.308. The van der Waals surface area contributed by atoms with Gasteiger partial charge in [0.1, 0.15) is 0 Å². The zero-order valence-corrected chi connectivity index (χ0v) is 11.7. The zero-order chi connectivity index (χ0) is 14.8. The van der Waals surface area contributed by atoms with Crippen molar-refractivity contribution >= 4 is 29.2 Å². The van der Waals surface area contributed by atoms with Crippen molar-refractivity contribution in [2.45, 2.75) is 12.8 Å². The third-order valence-corrected chi connectivity index (χ3v) is 3.35. The van der Waals surface area contributed by atoms with Gasteiger partial charge in [0, 0.05) is 13.1 Å². The van der Waals surface area contributed by atoms with Gasteiger partial charge in [0.2, 0.25) is 17.2 Å². The first-order chi connectivity index (χ1) is 10.1. The van der Waals surface area contributed by atoms with E-state index in [0.717, 1.165) is 32.0 Å². The van der Waals surface area contributed by atoms with Crippen molar-refractivity contribution < 1.29 is 8.78 Å². The van der Waals surface area contributed by atoms with Gasteiger partial charge >= 0.3 is 0 Å². The molecule has 0 atom stereocenters. The average molecular weight is 312 g/mol. The van der Waals surface area contributed by atoms with Crippen molar-refractivity contribution in [3.05, 3.63) is 35.1 Å². The second kappa shape index (κ2) is 5.77. The predicted molar refractivity (Wildman–Crippen MR) is 75.9 cm³/mol. The smallest absolute Gasteiger partial charge is 0.233 e. The molecule has 110 valence electrons. The highest BCUT2D eigenvalue weighted by atomic mass is 35.5. The Kier molecular flexibility index (Phi) is 3.83. The lowest BCUT2D eigenvalue weighted by Gasteiger charge is -2.15. The zero-order valence-electron chi connectivity index (χ0n) is 11.0. The van der Waals surface area contributed by atoms with E-state index in [-0.39, 0.29) is 16.9 Å². The van der Waals surface area contributed by atoms with Crippen LogP contribution in [-0.2, 0) is 0 Å². The topological polar surface area (TPSA) is 53.9 Å². The fourth-order valence-corrected chi connectivity index (χ4v) is 2.33. The minimum Gasteiger partial charge on any atom is -0.341 e. The molecule has 1 fully saturated rings. The molecule has 1 saturated heterocycles. The Morgan fingerprint density at radius 3 is 2.62 bits per heavy atom. The highest BCUT2D eigenvalue weighted by molar-refractivity contribution is 6.28. The molecule has 2 heterocycles. The van der Waals surface area contributed by atoms with Gasteiger partial charge in [-0.3, -0.25) is 0 Å². The molecule has 0 unspecified atom stereocenters. The SMILES string of the molecule is Fc1cccc(Nc2nc(Cl)nc(N3CCCC3)n2)c1F. The summed E-state index contributed by atoms with van der Waals surface area (Å²) in [7, 11) is 0. The van der Waals surface area contributed by atoms with Crippen molar-refractivity contribution in [1.82, 2.24) is 15.0 Å². The number of nitrogens with one attached hydrogen (secondary N) is 1. The molecule has 0 aliphatic carbocycles. The number of anilines is 3. The normalized spacial score (nSPS) is 14.5. The summed E-state index contributed by atoms with van der Waals surface area (Å²) in [5.41, 5.74) is -0.0513. The van der Waals surface area contributed by atoms with E-state index in [1.807, 2.05) is 4.90 Å². The van der Waals surface area contributed by atoms with Crippen LogP contribution in [0, 0.1) is 11.6 Å². The minimum atomic E-state index is -0.989. The summed E-state index contributed by atoms with van der Waals surface area (Å²) in [5.74, 6) is -1.41. The molecular weight excluding hydrogens is 300 g/mol. The van der Waals surface area contributed by atoms with Gasteiger partial charge in [-0.25, -0.2) is 8.78 Å². The summed E-state index contributed by atoms with van der Waals surface area (Å²) in [6.07, 6.45) is 2.12. The number of aromatic nitrogens is 3. The highest BCUT2D eigenvalue weighted by Gasteiger charge is 2.17. The van der Waals surface area contributed by atoms with Gasteiger partial charge in [0.25, 0.3) is 0 Å². The van der Waals surface area contributed by atoms with Crippen LogP contribution in [0.1, 0.15) is 12.8 Å². The lowest BCUT2D eigenvalue weighted by Crippen LogP contribution is -2.21. The highest BCUT2D eigenvalue weighted by Crippen LogP contribution is 2.23. The monoisotopic (exact) mass is 311 g/mol. The molecule has 2 aromatic rings. The second-order valence-electron chi connectivity index (χ2n) is 4.65. The molecule has 1 aliphatic rings. The van der Waals surface area contributed by atoms with Crippen molar-refractivity contribution in [2.24, 2.45) is 0 Å². The molecule has 1 aromatic carbocycles. The van der Waals surface area contributed by atoms with Crippen LogP contribution in [-0.4, -0.2) is 28.0 Å². The summed E-state index contributed by atoms with van der Waals surface area (Å²) in [4.78, 5) is 14.1. The van der Waals surface area contributed by atoms with E-state index in [1.54, 1.807) is 0 Å². The van der Waals surface area contributed by atoms with Crippen LogP contribution >= 0.6 is 11.6 Å². The molecule has 1 aromatic heterocycles. The predicted octanol–water partition coefficient (Wildman–Crippen LogP) is 3.15. The van der Waals surface area contributed by atoms with E-state index in [4.69, 9.17) is 11.6 Å². The molecule has 8 heteroatoms. The van der Waals surface area contributed by atoms with E-state index < -0.39 is 11.6 Å². The Labute approximate surface area is 125 Å². The first-order valence-electron chi connectivity index (χ1n) is 6.51. The molecule has 3 rings (SSSR count). The number of benzene rings is 1. The van der Waals surface area contributed by atoms with Crippen LogP contribution in [0.15, 0.2) is 18.2 Å². The summed E-state index contributed by atoms with van der Waals surface area (Å²) in [6.45, 7) is 1.68. The number of halogens is 3. The summed E-state index contributed by atoms with van der Waals surface area (Å²) in [6, 6.07) is 3.83. The number of hydrogen-bond acceptors (Lipinski definition) is 5. The standard InChI is InChI=1S/C13H12ClF2N5/c14-11-18-12(17-9-5-3-4-8(15)10(9)16)20-13(19-11)21-6-1-2-7-21/h3-5H,1-2,6-7H2,(H,17,18,19,20). The molecule has 0 bridgehead atoms. The van der Waals surface area contributed by atoms with Gasteiger partial charge in [-0.15, -0.1) is 0 Å². The van der Waals surface area contributed by atoms with Crippen molar-refractivity contribution in [2.75, 3.05) is 23.3 Å². The van der Waals surface area contributed by atoms with Crippen LogP contribution in [0.25, 0.3) is 0 Å². The number of rotatable bonds is 3. The summed E-state index contributed by atoms with van der Waals surface area (Å²) >= 11 is 5.87. The summed E-state index contributed by atoms with van der Waals surface area (Å²) < 4.78 is 26.8. The molecule has 1 N–H and O–H groups in total. The van der Waals surface area contributed by atoms with Crippen LogP contribution < -0.4 is 10.2 Å².